The average Bonchev–Trinajstić information content (AvgIpc) is 3.06. The number of nitrogens with zero attached hydrogens (tertiary/aromatic N) is 2. The van der Waals surface area contributed by atoms with Crippen molar-refractivity contribution in [2.75, 3.05) is 5.75 Å². The van der Waals surface area contributed by atoms with Gasteiger partial charge in [-0.05, 0) is 67.6 Å². The molecule has 2 aromatic heterocycles. The first-order chi connectivity index (χ1) is 14.6. The van der Waals surface area contributed by atoms with E-state index < -0.39 is 0 Å². The molecule has 1 aliphatic rings. The second-order valence-electron chi connectivity index (χ2n) is 10.4. The molecule has 1 atom stereocenters. The summed E-state index contributed by atoms with van der Waals surface area (Å²) in [6.07, 6.45) is 4.32. The first-order valence-electron chi connectivity index (χ1n) is 11.4. The summed E-state index contributed by atoms with van der Waals surface area (Å²) in [6.45, 7) is 13.6. The summed E-state index contributed by atoms with van der Waals surface area (Å²) in [7, 11) is 0. The second-order valence-corrected chi connectivity index (χ2v) is 12.5. The molecule has 1 aliphatic carbocycles. The Labute approximate surface area is 194 Å². The van der Waals surface area contributed by atoms with E-state index in [2.05, 4.69) is 53.7 Å². The van der Waals surface area contributed by atoms with Crippen LogP contribution in [0.25, 0.3) is 15.9 Å². The monoisotopic (exact) mass is 454 g/mol. The molecule has 0 N–H and O–H groups in total. The maximum atomic E-state index is 13.9. The highest BCUT2D eigenvalue weighted by Gasteiger charge is 2.32. The summed E-state index contributed by atoms with van der Waals surface area (Å²) in [5.74, 6) is 2.27. The Balaban J connectivity index is 1.84. The molecule has 0 amide bonds. The topological polar surface area (TPSA) is 34.9 Å². The van der Waals surface area contributed by atoms with E-state index in [1.54, 1.807) is 23.1 Å². The standard InChI is InChI=1S/C26H34N2OS2/c1-16(2)13-14-30-25-27-23-22(24(29)28(25)19-10-7-17(3)8-11-19)20-12-9-18(26(4,5)6)15-21(20)31-23/h7-8,10-11,16,18H,9,12-15H2,1-6H3/t18-/m0/s1. The van der Waals surface area contributed by atoms with Crippen molar-refractivity contribution < 1.29 is 0 Å². The van der Waals surface area contributed by atoms with E-state index in [1.165, 1.54) is 16.0 Å². The van der Waals surface area contributed by atoms with Crippen molar-refractivity contribution in [2.45, 2.75) is 72.4 Å². The Hall–Kier alpha value is -1.59. The summed E-state index contributed by atoms with van der Waals surface area (Å²) in [4.78, 5) is 21.2. The molecule has 0 unspecified atom stereocenters. The van der Waals surface area contributed by atoms with Crippen LogP contribution >= 0.6 is 23.1 Å². The zero-order valence-corrected chi connectivity index (χ0v) is 21.3. The Morgan fingerprint density at radius 3 is 2.58 bits per heavy atom. The van der Waals surface area contributed by atoms with Gasteiger partial charge in [-0.15, -0.1) is 11.3 Å². The quantitative estimate of drug-likeness (QED) is 0.306. The van der Waals surface area contributed by atoms with E-state index >= 15 is 0 Å². The molecule has 0 saturated carbocycles. The van der Waals surface area contributed by atoms with Crippen molar-refractivity contribution in [1.82, 2.24) is 9.55 Å². The summed E-state index contributed by atoms with van der Waals surface area (Å²) < 4.78 is 1.86. The lowest BCUT2D eigenvalue weighted by Gasteiger charge is -2.33. The Morgan fingerprint density at radius 2 is 1.94 bits per heavy atom. The van der Waals surface area contributed by atoms with Crippen molar-refractivity contribution in [3.63, 3.8) is 0 Å². The fourth-order valence-corrected chi connectivity index (χ4v) is 6.94. The highest BCUT2D eigenvalue weighted by molar-refractivity contribution is 7.99. The molecule has 4 rings (SSSR count). The normalized spacial score (nSPS) is 16.8. The number of hydrogen-bond donors (Lipinski definition) is 0. The van der Waals surface area contributed by atoms with Gasteiger partial charge in [-0.2, -0.15) is 0 Å². The van der Waals surface area contributed by atoms with Crippen LogP contribution in [0.2, 0.25) is 0 Å². The van der Waals surface area contributed by atoms with Crippen molar-refractivity contribution in [2.24, 2.45) is 17.3 Å². The third-order valence-corrected chi connectivity index (χ3v) is 8.62. The van der Waals surface area contributed by atoms with Gasteiger partial charge in [0.15, 0.2) is 5.16 Å². The van der Waals surface area contributed by atoms with Crippen LogP contribution in [0.3, 0.4) is 0 Å². The predicted octanol–water partition coefficient (Wildman–Crippen LogP) is 7.04. The first kappa shape index (κ1) is 22.6. The van der Waals surface area contributed by atoms with Gasteiger partial charge >= 0.3 is 0 Å². The van der Waals surface area contributed by atoms with Crippen molar-refractivity contribution in [3.8, 4) is 5.69 Å². The van der Waals surface area contributed by atoms with Gasteiger partial charge in [-0.3, -0.25) is 9.36 Å². The fourth-order valence-electron chi connectivity index (χ4n) is 4.35. The zero-order chi connectivity index (χ0) is 22.3. The number of hydrogen-bond acceptors (Lipinski definition) is 4. The van der Waals surface area contributed by atoms with E-state index in [1.807, 2.05) is 16.7 Å². The van der Waals surface area contributed by atoms with Crippen LogP contribution in [0.1, 0.15) is 63.5 Å². The third-order valence-electron chi connectivity index (χ3n) is 6.50. The van der Waals surface area contributed by atoms with Gasteiger partial charge in [0.1, 0.15) is 4.83 Å². The van der Waals surface area contributed by atoms with Gasteiger partial charge in [0.05, 0.1) is 11.1 Å². The van der Waals surface area contributed by atoms with Crippen LogP contribution < -0.4 is 5.56 Å². The molecule has 166 valence electrons. The fraction of sp³-hybridized carbons (Fsp3) is 0.538. The summed E-state index contributed by atoms with van der Waals surface area (Å²) in [5.41, 5.74) is 3.77. The molecule has 5 heteroatoms. The Morgan fingerprint density at radius 1 is 1.23 bits per heavy atom. The summed E-state index contributed by atoms with van der Waals surface area (Å²) in [6, 6.07) is 8.24. The molecule has 0 fully saturated rings. The number of thioether (sulfide) groups is 1. The average molecular weight is 455 g/mol. The second kappa shape index (κ2) is 8.74. The van der Waals surface area contributed by atoms with Gasteiger partial charge < -0.3 is 0 Å². The van der Waals surface area contributed by atoms with E-state index in [4.69, 9.17) is 4.98 Å². The minimum absolute atomic E-state index is 0.104. The van der Waals surface area contributed by atoms with Gasteiger partial charge in [-0.25, -0.2) is 4.98 Å². The maximum Gasteiger partial charge on any atom is 0.267 e. The molecule has 0 spiro atoms. The van der Waals surface area contributed by atoms with E-state index in [0.29, 0.717) is 17.3 Å². The smallest absolute Gasteiger partial charge is 0.267 e. The molecule has 0 saturated heterocycles. The number of aryl methyl sites for hydroxylation is 2. The molecule has 3 aromatic rings. The number of aromatic nitrogens is 2. The lowest BCUT2D eigenvalue weighted by atomic mass is 9.72. The zero-order valence-electron chi connectivity index (χ0n) is 19.6. The molecule has 1 aromatic carbocycles. The SMILES string of the molecule is Cc1ccc(-n2c(SCCC(C)C)nc3sc4c(c3c2=O)CC[C@H](C(C)(C)C)C4)cc1. The molecular weight excluding hydrogens is 420 g/mol. The highest BCUT2D eigenvalue weighted by atomic mass is 32.2. The van der Waals surface area contributed by atoms with Crippen molar-refractivity contribution in [1.29, 1.82) is 0 Å². The van der Waals surface area contributed by atoms with Gasteiger partial charge in [0.25, 0.3) is 5.56 Å². The van der Waals surface area contributed by atoms with E-state index in [-0.39, 0.29) is 5.56 Å². The first-order valence-corrected chi connectivity index (χ1v) is 13.2. The molecule has 3 nitrogen and oxygen atoms in total. The van der Waals surface area contributed by atoms with Crippen molar-refractivity contribution >= 4 is 33.3 Å². The maximum absolute atomic E-state index is 13.9. The molecule has 2 heterocycles. The van der Waals surface area contributed by atoms with Crippen LogP contribution in [0.15, 0.2) is 34.2 Å². The molecule has 0 radical (unpaired) electrons. The van der Waals surface area contributed by atoms with Crippen LogP contribution in [0.5, 0.6) is 0 Å². The third kappa shape index (κ3) is 4.63. The number of fused-ring (bicyclic) bond motifs is 3. The molecular formula is C26H34N2OS2. The van der Waals surface area contributed by atoms with Gasteiger partial charge in [0.2, 0.25) is 0 Å². The minimum atomic E-state index is 0.104. The van der Waals surface area contributed by atoms with E-state index in [9.17, 15) is 4.79 Å². The number of thiophene rings is 1. The minimum Gasteiger partial charge on any atom is -0.268 e. The van der Waals surface area contributed by atoms with Crippen molar-refractivity contribution in [3.05, 3.63) is 50.6 Å². The number of rotatable bonds is 5. The Kier molecular flexibility index (Phi) is 6.37. The van der Waals surface area contributed by atoms with Crippen LogP contribution in [-0.4, -0.2) is 15.3 Å². The largest absolute Gasteiger partial charge is 0.268 e. The van der Waals surface area contributed by atoms with Gasteiger partial charge in [0, 0.05) is 10.6 Å². The molecule has 0 aliphatic heterocycles. The molecule has 0 bridgehead atoms. The lowest BCUT2D eigenvalue weighted by molar-refractivity contribution is 0.218. The summed E-state index contributed by atoms with van der Waals surface area (Å²) in [5, 5.41) is 1.69. The van der Waals surface area contributed by atoms with Crippen LogP contribution in [-0.2, 0) is 12.8 Å². The highest BCUT2D eigenvalue weighted by Crippen LogP contribution is 2.42. The van der Waals surface area contributed by atoms with E-state index in [0.717, 1.165) is 52.5 Å². The number of benzene rings is 1. The summed E-state index contributed by atoms with van der Waals surface area (Å²) >= 11 is 3.47. The van der Waals surface area contributed by atoms with Gasteiger partial charge in [-0.1, -0.05) is 64.1 Å². The molecule has 31 heavy (non-hydrogen) atoms. The lowest BCUT2D eigenvalue weighted by Crippen LogP contribution is -2.27. The predicted molar refractivity (Wildman–Crippen MR) is 135 cm³/mol. The van der Waals surface area contributed by atoms with Crippen LogP contribution in [0, 0.1) is 24.2 Å². The van der Waals surface area contributed by atoms with Crippen LogP contribution in [0.4, 0.5) is 0 Å². The Bertz CT molecular complexity index is 1130.